The van der Waals surface area contributed by atoms with Crippen LogP contribution in [0.25, 0.3) is 0 Å². The maximum Gasteiger partial charge on any atom is 0.164 e. The Balaban J connectivity index is 2.63. The van der Waals surface area contributed by atoms with Crippen molar-refractivity contribution in [3.8, 4) is 0 Å². The molecule has 17 heavy (non-hydrogen) atoms. The van der Waals surface area contributed by atoms with Gasteiger partial charge in [-0.2, -0.15) is 0 Å². The van der Waals surface area contributed by atoms with Crippen molar-refractivity contribution in [3.63, 3.8) is 0 Å². The predicted octanol–water partition coefficient (Wildman–Crippen LogP) is 2.24. The fraction of sp³-hybridized carbons (Fsp3) is 0.500. The van der Waals surface area contributed by atoms with Crippen molar-refractivity contribution in [1.82, 2.24) is 0 Å². The van der Waals surface area contributed by atoms with Crippen molar-refractivity contribution >= 4 is 5.78 Å². The summed E-state index contributed by atoms with van der Waals surface area (Å²) in [5.41, 5.74) is 8.85. The van der Waals surface area contributed by atoms with Crippen LogP contribution in [0.3, 0.4) is 0 Å². The molecule has 0 saturated carbocycles. The lowest BCUT2D eigenvalue weighted by atomic mass is 9.97. The molecule has 0 aromatic heterocycles. The van der Waals surface area contributed by atoms with Gasteiger partial charge in [0.25, 0.3) is 0 Å². The summed E-state index contributed by atoms with van der Waals surface area (Å²) in [6.45, 7) is 4.58. The van der Waals surface area contributed by atoms with Crippen LogP contribution in [0.1, 0.15) is 34.3 Å². The van der Waals surface area contributed by atoms with E-state index in [0.29, 0.717) is 19.4 Å². The summed E-state index contributed by atoms with van der Waals surface area (Å²) in [4.78, 5) is 12.0. The molecule has 0 aliphatic heterocycles. The average molecular weight is 235 g/mol. The van der Waals surface area contributed by atoms with Crippen LogP contribution in [0.2, 0.25) is 0 Å². The molecular weight excluding hydrogens is 214 g/mol. The maximum atomic E-state index is 12.0. The van der Waals surface area contributed by atoms with E-state index in [1.165, 1.54) is 5.56 Å². The second-order valence-corrected chi connectivity index (χ2v) is 4.49. The van der Waals surface area contributed by atoms with E-state index >= 15 is 0 Å². The van der Waals surface area contributed by atoms with Crippen molar-refractivity contribution in [1.29, 1.82) is 0 Å². The first-order valence-corrected chi connectivity index (χ1v) is 5.89. The van der Waals surface area contributed by atoms with E-state index in [1.54, 1.807) is 7.11 Å². The molecular formula is C14H21NO2. The number of rotatable bonds is 6. The van der Waals surface area contributed by atoms with Crippen LogP contribution in [0.4, 0.5) is 0 Å². The maximum absolute atomic E-state index is 12.0. The largest absolute Gasteiger partial charge is 0.385 e. The minimum atomic E-state index is -0.122. The van der Waals surface area contributed by atoms with Gasteiger partial charge in [0.2, 0.25) is 0 Å². The number of ketones is 1. The SMILES string of the molecule is COCCC(N)CC(=O)c1ccc(C)cc1C. The second-order valence-electron chi connectivity index (χ2n) is 4.49. The molecule has 0 amide bonds. The van der Waals surface area contributed by atoms with Gasteiger partial charge in [-0.3, -0.25) is 4.79 Å². The van der Waals surface area contributed by atoms with Gasteiger partial charge in [-0.05, 0) is 25.8 Å². The Morgan fingerprint density at radius 1 is 1.41 bits per heavy atom. The van der Waals surface area contributed by atoms with Gasteiger partial charge in [0.05, 0.1) is 0 Å². The Hall–Kier alpha value is -1.19. The Bertz CT molecular complexity index is 388. The molecule has 0 saturated heterocycles. The fourth-order valence-electron chi connectivity index (χ4n) is 1.85. The monoisotopic (exact) mass is 235 g/mol. The number of carbonyl (C=O) groups excluding carboxylic acids is 1. The van der Waals surface area contributed by atoms with Gasteiger partial charge >= 0.3 is 0 Å². The summed E-state index contributed by atoms with van der Waals surface area (Å²) in [7, 11) is 1.64. The van der Waals surface area contributed by atoms with Crippen molar-refractivity contribution in [2.24, 2.45) is 5.73 Å². The molecule has 0 spiro atoms. The zero-order chi connectivity index (χ0) is 12.8. The highest BCUT2D eigenvalue weighted by Crippen LogP contribution is 2.14. The number of ether oxygens (including phenoxy) is 1. The molecule has 1 aromatic carbocycles. The van der Waals surface area contributed by atoms with Gasteiger partial charge < -0.3 is 10.5 Å². The van der Waals surface area contributed by atoms with E-state index in [4.69, 9.17) is 10.5 Å². The van der Waals surface area contributed by atoms with Crippen molar-refractivity contribution in [3.05, 3.63) is 34.9 Å². The molecule has 0 bridgehead atoms. The van der Waals surface area contributed by atoms with Gasteiger partial charge in [0, 0.05) is 31.7 Å². The van der Waals surface area contributed by atoms with Crippen LogP contribution in [-0.2, 0) is 4.74 Å². The lowest BCUT2D eigenvalue weighted by Crippen LogP contribution is -2.25. The molecule has 0 aliphatic carbocycles. The van der Waals surface area contributed by atoms with Gasteiger partial charge in [-0.15, -0.1) is 0 Å². The number of carbonyl (C=O) groups is 1. The molecule has 0 fully saturated rings. The van der Waals surface area contributed by atoms with E-state index in [9.17, 15) is 4.79 Å². The summed E-state index contributed by atoms with van der Waals surface area (Å²) in [6.07, 6.45) is 1.10. The van der Waals surface area contributed by atoms with E-state index in [-0.39, 0.29) is 11.8 Å². The average Bonchev–Trinajstić information content (AvgIpc) is 2.26. The minimum Gasteiger partial charge on any atom is -0.385 e. The Labute approximate surface area is 103 Å². The first-order valence-electron chi connectivity index (χ1n) is 5.89. The highest BCUT2D eigenvalue weighted by molar-refractivity contribution is 5.97. The van der Waals surface area contributed by atoms with Crippen molar-refractivity contribution in [2.75, 3.05) is 13.7 Å². The minimum absolute atomic E-state index is 0.117. The zero-order valence-electron chi connectivity index (χ0n) is 10.8. The van der Waals surface area contributed by atoms with E-state index in [0.717, 1.165) is 11.1 Å². The standard InChI is InChI=1S/C14H21NO2/c1-10-4-5-13(11(2)8-10)14(16)9-12(15)6-7-17-3/h4-5,8,12H,6-7,9,15H2,1-3H3. The third-order valence-corrected chi connectivity index (χ3v) is 2.82. The number of Topliss-reactive ketones (excluding diaryl/α,β-unsaturated/α-hetero) is 1. The number of nitrogens with two attached hydrogens (primary N) is 1. The number of benzene rings is 1. The molecule has 0 heterocycles. The third kappa shape index (κ3) is 4.29. The number of methoxy groups -OCH3 is 1. The number of hydrogen-bond acceptors (Lipinski definition) is 3. The molecule has 0 radical (unpaired) electrons. The molecule has 1 aromatic rings. The van der Waals surface area contributed by atoms with Crippen LogP contribution in [0.5, 0.6) is 0 Å². The van der Waals surface area contributed by atoms with Gasteiger partial charge in [0.15, 0.2) is 5.78 Å². The first kappa shape index (κ1) is 13.9. The van der Waals surface area contributed by atoms with Crippen LogP contribution in [0, 0.1) is 13.8 Å². The Kier molecular flexibility index (Phi) is 5.32. The molecule has 1 unspecified atom stereocenters. The highest BCUT2D eigenvalue weighted by Gasteiger charge is 2.13. The smallest absolute Gasteiger partial charge is 0.164 e. The zero-order valence-corrected chi connectivity index (χ0v) is 10.8. The van der Waals surface area contributed by atoms with Crippen molar-refractivity contribution in [2.45, 2.75) is 32.7 Å². The van der Waals surface area contributed by atoms with E-state index in [2.05, 4.69) is 0 Å². The summed E-state index contributed by atoms with van der Waals surface area (Å²) in [5, 5.41) is 0. The normalized spacial score (nSPS) is 12.5. The van der Waals surface area contributed by atoms with Crippen LogP contribution < -0.4 is 5.73 Å². The number of hydrogen-bond donors (Lipinski definition) is 1. The quantitative estimate of drug-likeness (QED) is 0.769. The van der Waals surface area contributed by atoms with Crippen LogP contribution in [-0.4, -0.2) is 25.5 Å². The molecule has 1 rings (SSSR count). The van der Waals surface area contributed by atoms with Crippen molar-refractivity contribution < 1.29 is 9.53 Å². The third-order valence-electron chi connectivity index (χ3n) is 2.82. The summed E-state index contributed by atoms with van der Waals surface area (Å²) in [5.74, 6) is 0.117. The second kappa shape index (κ2) is 6.52. The number of aryl methyl sites for hydroxylation is 2. The fourth-order valence-corrected chi connectivity index (χ4v) is 1.85. The summed E-state index contributed by atoms with van der Waals surface area (Å²) < 4.78 is 4.95. The molecule has 1 atom stereocenters. The van der Waals surface area contributed by atoms with Gasteiger partial charge in [0.1, 0.15) is 0 Å². The highest BCUT2D eigenvalue weighted by atomic mass is 16.5. The molecule has 0 aliphatic rings. The molecule has 94 valence electrons. The van der Waals surface area contributed by atoms with Crippen LogP contribution >= 0.6 is 0 Å². The van der Waals surface area contributed by atoms with Crippen LogP contribution in [0.15, 0.2) is 18.2 Å². The summed E-state index contributed by atoms with van der Waals surface area (Å²) in [6, 6.07) is 5.74. The molecule has 2 N–H and O–H groups in total. The molecule has 3 nitrogen and oxygen atoms in total. The molecule has 3 heteroatoms. The van der Waals surface area contributed by atoms with E-state index in [1.807, 2.05) is 32.0 Å². The lowest BCUT2D eigenvalue weighted by molar-refractivity contribution is 0.0966. The van der Waals surface area contributed by atoms with E-state index < -0.39 is 0 Å². The first-order chi connectivity index (χ1) is 8.04. The lowest BCUT2D eigenvalue weighted by Gasteiger charge is -2.11. The Morgan fingerprint density at radius 3 is 2.71 bits per heavy atom. The summed E-state index contributed by atoms with van der Waals surface area (Å²) >= 11 is 0. The Morgan fingerprint density at radius 2 is 2.12 bits per heavy atom. The van der Waals surface area contributed by atoms with Gasteiger partial charge in [-0.25, -0.2) is 0 Å². The topological polar surface area (TPSA) is 52.3 Å². The van der Waals surface area contributed by atoms with Gasteiger partial charge in [-0.1, -0.05) is 23.8 Å². The predicted molar refractivity (Wildman–Crippen MR) is 69.3 cm³/mol.